The summed E-state index contributed by atoms with van der Waals surface area (Å²) in [6.07, 6.45) is 0.715. The number of rotatable bonds is 4. The number of furan rings is 1. The minimum atomic E-state index is -0.0188. The second kappa shape index (κ2) is 5.97. The largest absolute Gasteiger partial charge is 0.466 e. The molecular formula is C14H16Cl2N2O. The number of hydrazine groups is 1. The highest BCUT2D eigenvalue weighted by Crippen LogP contribution is 2.27. The average molecular weight is 299 g/mol. The van der Waals surface area contributed by atoms with Crippen molar-refractivity contribution in [2.24, 2.45) is 5.84 Å². The van der Waals surface area contributed by atoms with Crippen LogP contribution in [0.4, 0.5) is 0 Å². The van der Waals surface area contributed by atoms with Gasteiger partial charge < -0.3 is 4.42 Å². The predicted molar refractivity (Wildman–Crippen MR) is 78.4 cm³/mol. The first-order chi connectivity index (χ1) is 9.01. The van der Waals surface area contributed by atoms with E-state index < -0.39 is 0 Å². The van der Waals surface area contributed by atoms with Crippen LogP contribution in [0.25, 0.3) is 0 Å². The van der Waals surface area contributed by atoms with Gasteiger partial charge in [-0.25, -0.2) is 0 Å². The third-order valence-electron chi connectivity index (χ3n) is 3.08. The summed E-state index contributed by atoms with van der Waals surface area (Å²) in [5, 5.41) is 1.10. The van der Waals surface area contributed by atoms with E-state index in [1.54, 1.807) is 6.07 Å². The van der Waals surface area contributed by atoms with Crippen molar-refractivity contribution >= 4 is 23.2 Å². The second-order valence-electron chi connectivity index (χ2n) is 4.54. The van der Waals surface area contributed by atoms with Crippen molar-refractivity contribution in [2.45, 2.75) is 26.3 Å². The molecule has 5 heteroatoms. The number of nitrogens with two attached hydrogens (primary N) is 1. The summed E-state index contributed by atoms with van der Waals surface area (Å²) >= 11 is 11.9. The molecule has 0 spiro atoms. The number of hydrogen-bond acceptors (Lipinski definition) is 3. The van der Waals surface area contributed by atoms with Crippen LogP contribution < -0.4 is 11.3 Å². The molecule has 0 aliphatic heterocycles. The van der Waals surface area contributed by atoms with Crippen molar-refractivity contribution in [3.05, 3.63) is 57.0 Å². The lowest BCUT2D eigenvalue weighted by atomic mass is 10.00. The van der Waals surface area contributed by atoms with Crippen LogP contribution in [-0.2, 0) is 6.42 Å². The zero-order chi connectivity index (χ0) is 14.0. The molecule has 1 unspecified atom stereocenters. The van der Waals surface area contributed by atoms with Gasteiger partial charge in [0.2, 0.25) is 0 Å². The average Bonchev–Trinajstić information content (AvgIpc) is 2.70. The summed E-state index contributed by atoms with van der Waals surface area (Å²) < 4.78 is 5.54. The topological polar surface area (TPSA) is 51.2 Å². The van der Waals surface area contributed by atoms with E-state index in [1.807, 2.05) is 32.0 Å². The van der Waals surface area contributed by atoms with E-state index in [2.05, 4.69) is 5.43 Å². The summed E-state index contributed by atoms with van der Waals surface area (Å²) in [6.45, 7) is 3.85. The van der Waals surface area contributed by atoms with E-state index >= 15 is 0 Å². The third kappa shape index (κ3) is 3.31. The van der Waals surface area contributed by atoms with Crippen LogP contribution in [0.3, 0.4) is 0 Å². The fourth-order valence-electron chi connectivity index (χ4n) is 2.16. The molecule has 1 atom stereocenters. The van der Waals surface area contributed by atoms with Gasteiger partial charge in [0.25, 0.3) is 0 Å². The molecule has 1 heterocycles. The van der Waals surface area contributed by atoms with E-state index in [4.69, 9.17) is 33.5 Å². The fraction of sp³-hybridized carbons (Fsp3) is 0.286. The summed E-state index contributed by atoms with van der Waals surface area (Å²) in [5.41, 5.74) is 4.95. The Labute approximate surface area is 122 Å². The molecule has 0 amide bonds. The molecule has 0 aliphatic carbocycles. The molecular weight excluding hydrogens is 283 g/mol. The molecule has 0 aliphatic rings. The van der Waals surface area contributed by atoms with E-state index in [0.29, 0.717) is 16.5 Å². The fourth-order valence-corrected chi connectivity index (χ4v) is 2.48. The SMILES string of the molecule is Cc1cc(C(Cc2ccc(Cl)c(Cl)c2)NN)c(C)o1. The lowest BCUT2D eigenvalue weighted by Crippen LogP contribution is -2.29. The van der Waals surface area contributed by atoms with Gasteiger partial charge in [-0.2, -0.15) is 0 Å². The summed E-state index contributed by atoms with van der Waals surface area (Å²) in [4.78, 5) is 0. The van der Waals surface area contributed by atoms with Crippen molar-refractivity contribution in [1.29, 1.82) is 0 Å². The van der Waals surface area contributed by atoms with Gasteiger partial charge >= 0.3 is 0 Å². The summed E-state index contributed by atoms with van der Waals surface area (Å²) in [7, 11) is 0. The Morgan fingerprint density at radius 1 is 1.21 bits per heavy atom. The Bertz CT molecular complexity index is 581. The minimum Gasteiger partial charge on any atom is -0.466 e. The van der Waals surface area contributed by atoms with Gasteiger partial charge in [-0.3, -0.25) is 11.3 Å². The van der Waals surface area contributed by atoms with Gasteiger partial charge in [-0.05, 0) is 44.0 Å². The highest BCUT2D eigenvalue weighted by molar-refractivity contribution is 6.42. The normalized spacial score (nSPS) is 12.7. The molecule has 19 heavy (non-hydrogen) atoms. The number of nitrogens with one attached hydrogen (secondary N) is 1. The number of aryl methyl sites for hydroxylation is 2. The van der Waals surface area contributed by atoms with E-state index in [9.17, 15) is 0 Å². The van der Waals surface area contributed by atoms with Gasteiger partial charge in [0.15, 0.2) is 0 Å². The monoisotopic (exact) mass is 298 g/mol. The molecule has 1 aromatic heterocycles. The van der Waals surface area contributed by atoms with Crippen molar-refractivity contribution in [3.8, 4) is 0 Å². The molecule has 0 saturated carbocycles. The lowest BCUT2D eigenvalue weighted by Gasteiger charge is -2.15. The van der Waals surface area contributed by atoms with Gasteiger partial charge in [-0.1, -0.05) is 29.3 Å². The van der Waals surface area contributed by atoms with Crippen LogP contribution in [-0.4, -0.2) is 0 Å². The first kappa shape index (κ1) is 14.4. The molecule has 0 bridgehead atoms. The maximum absolute atomic E-state index is 6.02. The Hall–Kier alpha value is -1.00. The van der Waals surface area contributed by atoms with Gasteiger partial charge in [0, 0.05) is 5.56 Å². The maximum atomic E-state index is 6.02. The van der Waals surface area contributed by atoms with Crippen LogP contribution in [0, 0.1) is 13.8 Å². The van der Waals surface area contributed by atoms with Crippen molar-refractivity contribution < 1.29 is 4.42 Å². The maximum Gasteiger partial charge on any atom is 0.105 e. The van der Waals surface area contributed by atoms with Crippen LogP contribution >= 0.6 is 23.2 Å². The van der Waals surface area contributed by atoms with Crippen molar-refractivity contribution in [3.63, 3.8) is 0 Å². The van der Waals surface area contributed by atoms with E-state index in [0.717, 1.165) is 22.6 Å². The van der Waals surface area contributed by atoms with E-state index in [1.165, 1.54) is 0 Å². The molecule has 3 nitrogen and oxygen atoms in total. The molecule has 2 aromatic rings. The number of hydrogen-bond donors (Lipinski definition) is 2. The van der Waals surface area contributed by atoms with Crippen molar-refractivity contribution in [2.75, 3.05) is 0 Å². The molecule has 2 rings (SSSR count). The minimum absolute atomic E-state index is 0.0188. The standard InChI is InChI=1S/C14H16Cl2N2O/c1-8-5-11(9(2)19-8)14(18-17)7-10-3-4-12(15)13(16)6-10/h3-6,14,18H,7,17H2,1-2H3. The van der Waals surface area contributed by atoms with Crippen LogP contribution in [0.15, 0.2) is 28.7 Å². The third-order valence-corrected chi connectivity index (χ3v) is 3.82. The number of benzene rings is 1. The zero-order valence-electron chi connectivity index (χ0n) is 10.8. The van der Waals surface area contributed by atoms with Gasteiger partial charge in [-0.15, -0.1) is 0 Å². The first-order valence-corrected chi connectivity index (χ1v) is 6.74. The number of halogens is 2. The van der Waals surface area contributed by atoms with Gasteiger partial charge in [0.05, 0.1) is 16.1 Å². The molecule has 102 valence electrons. The van der Waals surface area contributed by atoms with Gasteiger partial charge in [0.1, 0.15) is 11.5 Å². The highest BCUT2D eigenvalue weighted by atomic mass is 35.5. The first-order valence-electron chi connectivity index (χ1n) is 5.98. The molecule has 0 saturated heterocycles. The molecule has 0 fully saturated rings. The molecule has 1 aromatic carbocycles. The smallest absolute Gasteiger partial charge is 0.105 e. The Kier molecular flexibility index (Phi) is 4.53. The second-order valence-corrected chi connectivity index (χ2v) is 5.35. The molecule has 3 N–H and O–H groups in total. The quantitative estimate of drug-likeness (QED) is 0.664. The zero-order valence-corrected chi connectivity index (χ0v) is 12.3. The Morgan fingerprint density at radius 2 is 1.95 bits per heavy atom. The van der Waals surface area contributed by atoms with Crippen LogP contribution in [0.1, 0.15) is 28.7 Å². The molecule has 0 radical (unpaired) electrons. The van der Waals surface area contributed by atoms with Crippen LogP contribution in [0.5, 0.6) is 0 Å². The summed E-state index contributed by atoms with van der Waals surface area (Å²) in [5.74, 6) is 7.40. The predicted octanol–water partition coefficient (Wildman–Crippen LogP) is 3.95. The lowest BCUT2D eigenvalue weighted by molar-refractivity contribution is 0.484. The van der Waals surface area contributed by atoms with E-state index in [-0.39, 0.29) is 6.04 Å². The van der Waals surface area contributed by atoms with Crippen molar-refractivity contribution in [1.82, 2.24) is 5.43 Å². The highest BCUT2D eigenvalue weighted by Gasteiger charge is 2.16. The Morgan fingerprint density at radius 3 is 2.47 bits per heavy atom. The summed E-state index contributed by atoms with van der Waals surface area (Å²) in [6, 6.07) is 7.57. The Balaban J connectivity index is 2.23. The van der Waals surface area contributed by atoms with Crippen LogP contribution in [0.2, 0.25) is 10.0 Å².